The quantitative estimate of drug-likeness (QED) is 0.757. The molecule has 1 aliphatic rings. The number of aryl methyl sites for hydroxylation is 1. The van der Waals surface area contributed by atoms with Crippen LogP contribution >= 0.6 is 11.3 Å². The highest BCUT2D eigenvalue weighted by molar-refractivity contribution is 7.13. The average Bonchev–Trinajstić information content (AvgIpc) is 2.96. The summed E-state index contributed by atoms with van der Waals surface area (Å²) >= 11 is 1.07. The summed E-state index contributed by atoms with van der Waals surface area (Å²) in [6.07, 6.45) is 0.812. The fourth-order valence-corrected chi connectivity index (χ4v) is 2.61. The first-order valence-electron chi connectivity index (χ1n) is 5.88. The van der Waals surface area contributed by atoms with Crippen molar-refractivity contribution in [2.45, 2.75) is 25.9 Å². The first-order valence-corrected chi connectivity index (χ1v) is 6.69. The maximum atomic E-state index is 11.6. The largest absolute Gasteiger partial charge is 0.477 e. The van der Waals surface area contributed by atoms with Gasteiger partial charge in [-0.05, 0) is 13.3 Å². The lowest BCUT2D eigenvalue weighted by Crippen LogP contribution is -2.42. The molecule has 1 aromatic heterocycles. The van der Waals surface area contributed by atoms with Crippen molar-refractivity contribution < 1.29 is 19.4 Å². The highest BCUT2D eigenvalue weighted by Crippen LogP contribution is 2.17. The van der Waals surface area contributed by atoms with Crippen molar-refractivity contribution >= 4 is 23.3 Å². The Bertz CT molecular complexity index is 482. The third-order valence-corrected chi connectivity index (χ3v) is 3.85. The number of amides is 2. The second-order valence-electron chi connectivity index (χ2n) is 4.21. The molecule has 2 rings (SSSR count). The van der Waals surface area contributed by atoms with Gasteiger partial charge in [0.1, 0.15) is 9.88 Å². The maximum absolute atomic E-state index is 11.6. The molecule has 0 spiro atoms. The zero-order chi connectivity index (χ0) is 13.8. The minimum atomic E-state index is -0.992. The van der Waals surface area contributed by atoms with Crippen LogP contribution < -0.4 is 10.6 Å². The molecule has 1 saturated heterocycles. The lowest BCUT2D eigenvalue weighted by atomic mass is 10.3. The van der Waals surface area contributed by atoms with Crippen LogP contribution in [0.25, 0.3) is 0 Å². The van der Waals surface area contributed by atoms with E-state index in [1.807, 2.05) is 0 Å². The molecule has 1 fully saturated rings. The van der Waals surface area contributed by atoms with E-state index in [0.717, 1.165) is 17.8 Å². The molecule has 19 heavy (non-hydrogen) atoms. The molecule has 0 bridgehead atoms. The van der Waals surface area contributed by atoms with Gasteiger partial charge in [-0.2, -0.15) is 0 Å². The molecule has 104 valence electrons. The number of aromatic nitrogens is 1. The summed E-state index contributed by atoms with van der Waals surface area (Å²) in [7, 11) is 0. The van der Waals surface area contributed by atoms with Crippen molar-refractivity contribution in [1.29, 1.82) is 0 Å². The van der Waals surface area contributed by atoms with Crippen LogP contribution in [0.1, 0.15) is 26.8 Å². The van der Waals surface area contributed by atoms with Gasteiger partial charge >= 0.3 is 12.0 Å². The topological polar surface area (TPSA) is 101 Å². The summed E-state index contributed by atoms with van der Waals surface area (Å²) in [5.74, 6) is -0.992. The summed E-state index contributed by atoms with van der Waals surface area (Å²) in [5.41, 5.74) is 0.471. The number of nitrogens with zero attached hydrogens (tertiary/aromatic N) is 1. The van der Waals surface area contributed by atoms with Gasteiger partial charge in [-0.15, -0.1) is 11.3 Å². The van der Waals surface area contributed by atoms with Crippen molar-refractivity contribution in [2.24, 2.45) is 0 Å². The third kappa shape index (κ3) is 3.65. The zero-order valence-electron chi connectivity index (χ0n) is 10.4. The second-order valence-corrected chi connectivity index (χ2v) is 5.30. The van der Waals surface area contributed by atoms with Crippen LogP contribution in [0, 0.1) is 6.92 Å². The molecule has 2 heterocycles. The van der Waals surface area contributed by atoms with Crippen molar-refractivity contribution in [3.63, 3.8) is 0 Å². The van der Waals surface area contributed by atoms with Crippen LogP contribution in [0.4, 0.5) is 4.79 Å². The van der Waals surface area contributed by atoms with Gasteiger partial charge in [-0.3, -0.25) is 0 Å². The van der Waals surface area contributed by atoms with Gasteiger partial charge in [0.15, 0.2) is 0 Å². The first-order chi connectivity index (χ1) is 9.06. The highest BCUT2D eigenvalue weighted by atomic mass is 32.1. The molecule has 1 unspecified atom stereocenters. The molecule has 2 amide bonds. The van der Waals surface area contributed by atoms with E-state index in [0.29, 0.717) is 23.9 Å². The van der Waals surface area contributed by atoms with Gasteiger partial charge < -0.3 is 20.5 Å². The minimum Gasteiger partial charge on any atom is -0.477 e. The Balaban J connectivity index is 1.82. The number of urea groups is 1. The molecule has 8 heteroatoms. The van der Waals surface area contributed by atoms with E-state index in [9.17, 15) is 9.59 Å². The fourth-order valence-electron chi connectivity index (χ4n) is 1.77. The van der Waals surface area contributed by atoms with E-state index in [2.05, 4.69) is 15.6 Å². The number of carbonyl (C=O) groups is 2. The van der Waals surface area contributed by atoms with Crippen LogP contribution in [0.5, 0.6) is 0 Å². The van der Waals surface area contributed by atoms with E-state index in [1.165, 1.54) is 0 Å². The smallest absolute Gasteiger partial charge is 0.347 e. The van der Waals surface area contributed by atoms with E-state index in [4.69, 9.17) is 9.84 Å². The molecule has 3 N–H and O–H groups in total. The van der Waals surface area contributed by atoms with Crippen LogP contribution in [0.15, 0.2) is 0 Å². The Kier molecular flexibility index (Phi) is 4.33. The molecule has 1 atom stereocenters. The molecular weight excluding hydrogens is 270 g/mol. The molecule has 0 aromatic carbocycles. The standard InChI is InChI=1S/C11H15N3O4S/c1-6-9(10(15)16)19-8(13-6)4-12-11(17)14-7-2-3-18-5-7/h7H,2-5H2,1H3,(H,15,16)(H2,12,14,17). The molecule has 0 aliphatic carbocycles. The van der Waals surface area contributed by atoms with Crippen LogP contribution in [-0.4, -0.2) is 41.3 Å². The second kappa shape index (κ2) is 5.98. The monoisotopic (exact) mass is 285 g/mol. The molecule has 0 saturated carbocycles. The summed E-state index contributed by atoms with van der Waals surface area (Å²) in [4.78, 5) is 26.8. The van der Waals surface area contributed by atoms with Crippen molar-refractivity contribution in [1.82, 2.24) is 15.6 Å². The summed E-state index contributed by atoms with van der Waals surface area (Å²) in [6, 6.07) is -0.243. The molecule has 0 radical (unpaired) electrons. The number of hydrogen-bond acceptors (Lipinski definition) is 5. The summed E-state index contributed by atoms with van der Waals surface area (Å²) in [6.45, 7) is 3.06. The van der Waals surface area contributed by atoms with Crippen molar-refractivity contribution in [3.05, 3.63) is 15.6 Å². The van der Waals surface area contributed by atoms with Gasteiger partial charge in [0.05, 0.1) is 24.9 Å². The Hall–Kier alpha value is -1.67. The molecule has 1 aromatic rings. The Morgan fingerprint density at radius 1 is 1.58 bits per heavy atom. The molecular formula is C11H15N3O4S. The SMILES string of the molecule is Cc1nc(CNC(=O)NC2CCOC2)sc1C(=O)O. The minimum absolute atomic E-state index is 0.0487. The fraction of sp³-hybridized carbons (Fsp3) is 0.545. The van der Waals surface area contributed by atoms with Crippen molar-refractivity contribution in [2.75, 3.05) is 13.2 Å². The molecule has 7 nitrogen and oxygen atoms in total. The average molecular weight is 285 g/mol. The summed E-state index contributed by atoms with van der Waals surface area (Å²) < 4.78 is 5.15. The number of rotatable bonds is 4. The zero-order valence-corrected chi connectivity index (χ0v) is 11.2. The van der Waals surface area contributed by atoms with Crippen LogP contribution in [0.2, 0.25) is 0 Å². The Morgan fingerprint density at radius 2 is 2.37 bits per heavy atom. The van der Waals surface area contributed by atoms with E-state index in [-0.39, 0.29) is 23.5 Å². The third-order valence-electron chi connectivity index (χ3n) is 2.70. The number of carboxylic acid groups (broad SMARTS) is 1. The number of ether oxygens (including phenoxy) is 1. The Morgan fingerprint density at radius 3 is 2.95 bits per heavy atom. The lowest BCUT2D eigenvalue weighted by Gasteiger charge is -2.10. The van der Waals surface area contributed by atoms with Crippen molar-refractivity contribution in [3.8, 4) is 0 Å². The number of carbonyl (C=O) groups excluding carboxylic acids is 1. The maximum Gasteiger partial charge on any atom is 0.347 e. The van der Waals surface area contributed by atoms with Gasteiger partial charge in [-0.25, -0.2) is 14.6 Å². The number of hydrogen-bond donors (Lipinski definition) is 3. The van der Waals surface area contributed by atoms with Gasteiger partial charge in [0.25, 0.3) is 0 Å². The predicted molar refractivity (Wildman–Crippen MR) is 68.4 cm³/mol. The Labute approximate surface area is 114 Å². The first kappa shape index (κ1) is 13.8. The van der Waals surface area contributed by atoms with E-state index in [1.54, 1.807) is 6.92 Å². The number of thiazole rings is 1. The van der Waals surface area contributed by atoms with Crippen LogP contribution in [0.3, 0.4) is 0 Å². The van der Waals surface area contributed by atoms with Gasteiger partial charge in [0, 0.05) is 6.61 Å². The van der Waals surface area contributed by atoms with Gasteiger partial charge in [-0.1, -0.05) is 0 Å². The lowest BCUT2D eigenvalue weighted by molar-refractivity contribution is 0.0701. The van der Waals surface area contributed by atoms with Gasteiger partial charge in [0.2, 0.25) is 0 Å². The highest BCUT2D eigenvalue weighted by Gasteiger charge is 2.18. The molecule has 1 aliphatic heterocycles. The van der Waals surface area contributed by atoms with E-state index < -0.39 is 5.97 Å². The van der Waals surface area contributed by atoms with E-state index >= 15 is 0 Å². The van der Waals surface area contributed by atoms with Crippen LogP contribution in [-0.2, 0) is 11.3 Å². The summed E-state index contributed by atoms with van der Waals surface area (Å²) in [5, 5.41) is 14.9. The number of carboxylic acids is 1. The normalized spacial score (nSPS) is 18.3. The number of nitrogens with one attached hydrogen (secondary N) is 2. The predicted octanol–water partition coefficient (Wildman–Crippen LogP) is 0.738. The number of aromatic carboxylic acids is 1.